The first-order valence-corrected chi connectivity index (χ1v) is 6.52. The van der Waals surface area contributed by atoms with Gasteiger partial charge in [-0.1, -0.05) is 6.92 Å². The molecule has 0 spiro atoms. The van der Waals surface area contributed by atoms with Crippen LogP contribution in [-0.4, -0.2) is 42.6 Å². The van der Waals surface area contributed by atoms with Gasteiger partial charge in [-0.15, -0.1) is 0 Å². The van der Waals surface area contributed by atoms with E-state index in [0.717, 1.165) is 6.42 Å². The quantitative estimate of drug-likeness (QED) is 0.623. The molecule has 1 rings (SSSR count). The van der Waals surface area contributed by atoms with Gasteiger partial charge in [0, 0.05) is 6.54 Å². The van der Waals surface area contributed by atoms with Crippen molar-refractivity contribution in [2.45, 2.75) is 13.3 Å². The Morgan fingerprint density at radius 2 is 1.76 bits per heavy atom. The number of carbonyl (C=O) groups excluding carboxylic acids is 3. The van der Waals surface area contributed by atoms with Crippen molar-refractivity contribution in [1.29, 1.82) is 0 Å². The lowest BCUT2D eigenvalue weighted by Crippen LogP contribution is -2.38. The van der Waals surface area contributed by atoms with Gasteiger partial charge in [0.2, 0.25) is 5.91 Å². The second kappa shape index (κ2) is 8.57. The van der Waals surface area contributed by atoms with E-state index >= 15 is 0 Å². The molecule has 0 saturated carbocycles. The minimum absolute atomic E-state index is 0.0300. The maximum atomic E-state index is 11.6. The number of esters is 1. The van der Waals surface area contributed by atoms with Crippen molar-refractivity contribution in [3.63, 3.8) is 0 Å². The standard InChI is InChI=1S/C14H18N2O5/c1-2-7-15-12(18)8-16-13(19)9-21-14(20)10-3-5-11(17)6-4-10/h3-6,17H,2,7-9H2,1H3,(H,15,18)(H,16,19). The van der Waals surface area contributed by atoms with E-state index in [-0.39, 0.29) is 23.8 Å². The summed E-state index contributed by atoms with van der Waals surface area (Å²) in [4.78, 5) is 34.2. The van der Waals surface area contributed by atoms with Gasteiger partial charge in [0.05, 0.1) is 12.1 Å². The fraction of sp³-hybridized carbons (Fsp3) is 0.357. The minimum atomic E-state index is -0.680. The molecule has 3 N–H and O–H groups in total. The zero-order chi connectivity index (χ0) is 15.7. The fourth-order valence-electron chi connectivity index (χ4n) is 1.37. The lowest BCUT2D eigenvalue weighted by atomic mass is 10.2. The highest BCUT2D eigenvalue weighted by Gasteiger charge is 2.10. The number of rotatable bonds is 7. The van der Waals surface area contributed by atoms with Crippen molar-refractivity contribution < 1.29 is 24.2 Å². The Hall–Kier alpha value is -2.57. The summed E-state index contributed by atoms with van der Waals surface area (Å²) in [5.74, 6) is -1.51. The molecule has 0 aliphatic carbocycles. The van der Waals surface area contributed by atoms with Gasteiger partial charge in [0.1, 0.15) is 5.75 Å². The van der Waals surface area contributed by atoms with Crippen LogP contribution < -0.4 is 10.6 Å². The van der Waals surface area contributed by atoms with Crippen LogP contribution in [0.1, 0.15) is 23.7 Å². The van der Waals surface area contributed by atoms with E-state index < -0.39 is 18.5 Å². The Bertz CT molecular complexity index is 499. The van der Waals surface area contributed by atoms with Crippen molar-refractivity contribution in [2.75, 3.05) is 19.7 Å². The number of carbonyl (C=O) groups is 3. The molecule has 7 nitrogen and oxygen atoms in total. The van der Waals surface area contributed by atoms with Gasteiger partial charge < -0.3 is 20.5 Å². The summed E-state index contributed by atoms with van der Waals surface area (Å²) in [5, 5.41) is 14.0. The van der Waals surface area contributed by atoms with Gasteiger partial charge >= 0.3 is 5.97 Å². The molecule has 0 aliphatic rings. The van der Waals surface area contributed by atoms with Gasteiger partial charge in [0.15, 0.2) is 6.61 Å². The summed E-state index contributed by atoms with van der Waals surface area (Å²) in [6.07, 6.45) is 0.809. The molecule has 2 amide bonds. The van der Waals surface area contributed by atoms with E-state index in [4.69, 9.17) is 9.84 Å². The van der Waals surface area contributed by atoms with E-state index in [0.29, 0.717) is 6.54 Å². The van der Waals surface area contributed by atoms with Crippen LogP contribution in [-0.2, 0) is 14.3 Å². The molecule has 7 heteroatoms. The van der Waals surface area contributed by atoms with Gasteiger partial charge in [-0.2, -0.15) is 0 Å². The number of aromatic hydroxyl groups is 1. The van der Waals surface area contributed by atoms with E-state index in [1.807, 2.05) is 6.92 Å². The predicted molar refractivity (Wildman–Crippen MR) is 74.7 cm³/mol. The Morgan fingerprint density at radius 3 is 2.38 bits per heavy atom. The molecule has 1 aromatic rings. The molecule has 0 atom stereocenters. The molecule has 0 heterocycles. The summed E-state index contributed by atoms with van der Waals surface area (Å²) in [7, 11) is 0. The third-order valence-electron chi connectivity index (χ3n) is 2.46. The molecule has 1 aromatic carbocycles. The zero-order valence-corrected chi connectivity index (χ0v) is 11.7. The third-order valence-corrected chi connectivity index (χ3v) is 2.46. The monoisotopic (exact) mass is 294 g/mol. The molecule has 0 aliphatic heterocycles. The highest BCUT2D eigenvalue weighted by Crippen LogP contribution is 2.10. The van der Waals surface area contributed by atoms with Crippen molar-refractivity contribution in [3.8, 4) is 5.75 Å². The number of hydrogen-bond acceptors (Lipinski definition) is 5. The number of amides is 2. The van der Waals surface area contributed by atoms with Gasteiger partial charge in [-0.3, -0.25) is 9.59 Å². The average Bonchev–Trinajstić information content (AvgIpc) is 2.49. The highest BCUT2D eigenvalue weighted by atomic mass is 16.5. The maximum Gasteiger partial charge on any atom is 0.338 e. The molecule has 0 fully saturated rings. The normalized spacial score (nSPS) is 9.76. The van der Waals surface area contributed by atoms with Crippen LogP contribution in [0.2, 0.25) is 0 Å². The molecule has 0 unspecified atom stereocenters. The predicted octanol–water partition coefficient (Wildman–Crippen LogP) is 0.191. The summed E-state index contributed by atoms with van der Waals surface area (Å²) in [6, 6.07) is 5.45. The molecule has 0 bridgehead atoms. The molecule has 21 heavy (non-hydrogen) atoms. The third kappa shape index (κ3) is 6.42. The van der Waals surface area contributed by atoms with E-state index in [2.05, 4.69) is 10.6 Å². The van der Waals surface area contributed by atoms with E-state index in [9.17, 15) is 14.4 Å². The lowest BCUT2D eigenvalue weighted by molar-refractivity contribution is -0.127. The van der Waals surface area contributed by atoms with Crippen LogP contribution in [0.5, 0.6) is 5.75 Å². The SMILES string of the molecule is CCCNC(=O)CNC(=O)COC(=O)c1ccc(O)cc1. The Morgan fingerprint density at radius 1 is 1.10 bits per heavy atom. The van der Waals surface area contributed by atoms with Gasteiger partial charge in [-0.05, 0) is 30.7 Å². The number of ether oxygens (including phenoxy) is 1. The second-order valence-corrected chi connectivity index (χ2v) is 4.25. The fourth-order valence-corrected chi connectivity index (χ4v) is 1.37. The van der Waals surface area contributed by atoms with Crippen molar-refractivity contribution in [3.05, 3.63) is 29.8 Å². The van der Waals surface area contributed by atoms with Crippen LogP contribution in [0.25, 0.3) is 0 Å². The topological polar surface area (TPSA) is 105 Å². The van der Waals surface area contributed by atoms with E-state index in [1.54, 1.807) is 0 Å². The molecule has 114 valence electrons. The molecular weight excluding hydrogens is 276 g/mol. The Labute approximate surface area is 122 Å². The Kier molecular flexibility index (Phi) is 6.73. The van der Waals surface area contributed by atoms with Crippen molar-refractivity contribution in [1.82, 2.24) is 10.6 Å². The highest BCUT2D eigenvalue weighted by molar-refractivity contribution is 5.92. The maximum absolute atomic E-state index is 11.6. The van der Waals surface area contributed by atoms with Crippen molar-refractivity contribution in [2.24, 2.45) is 0 Å². The van der Waals surface area contributed by atoms with E-state index in [1.165, 1.54) is 24.3 Å². The Balaban J connectivity index is 2.28. The number of phenols is 1. The van der Waals surface area contributed by atoms with Crippen molar-refractivity contribution >= 4 is 17.8 Å². The second-order valence-electron chi connectivity index (χ2n) is 4.25. The number of phenolic OH excluding ortho intramolecular Hbond substituents is 1. The van der Waals surface area contributed by atoms with Gasteiger partial charge in [0.25, 0.3) is 5.91 Å². The first kappa shape index (κ1) is 16.5. The summed E-state index contributed by atoms with van der Waals surface area (Å²) in [5.41, 5.74) is 0.223. The first-order chi connectivity index (χ1) is 10.0. The molecule has 0 radical (unpaired) electrons. The molecule has 0 aromatic heterocycles. The lowest BCUT2D eigenvalue weighted by Gasteiger charge is -2.07. The zero-order valence-electron chi connectivity index (χ0n) is 11.7. The largest absolute Gasteiger partial charge is 0.508 e. The summed E-state index contributed by atoms with van der Waals surface area (Å²) >= 11 is 0. The summed E-state index contributed by atoms with van der Waals surface area (Å²) < 4.78 is 4.78. The van der Waals surface area contributed by atoms with Crippen LogP contribution in [0.3, 0.4) is 0 Å². The van der Waals surface area contributed by atoms with Crippen LogP contribution in [0.4, 0.5) is 0 Å². The summed E-state index contributed by atoms with van der Waals surface area (Å²) in [6.45, 7) is 1.84. The smallest absolute Gasteiger partial charge is 0.338 e. The van der Waals surface area contributed by atoms with Crippen LogP contribution >= 0.6 is 0 Å². The molecule has 0 saturated heterocycles. The average molecular weight is 294 g/mol. The van der Waals surface area contributed by atoms with Crippen LogP contribution in [0, 0.1) is 0 Å². The first-order valence-electron chi connectivity index (χ1n) is 6.52. The number of nitrogens with one attached hydrogen (secondary N) is 2. The number of benzene rings is 1. The van der Waals surface area contributed by atoms with Gasteiger partial charge in [-0.25, -0.2) is 4.79 Å². The minimum Gasteiger partial charge on any atom is -0.508 e. The number of hydrogen-bond donors (Lipinski definition) is 3. The molecular formula is C14H18N2O5. The van der Waals surface area contributed by atoms with Crippen LogP contribution in [0.15, 0.2) is 24.3 Å².